The highest BCUT2D eigenvalue weighted by molar-refractivity contribution is 9.11. The molecular formula is C13H12BrN3S. The summed E-state index contributed by atoms with van der Waals surface area (Å²) in [4.78, 5) is 5.65. The predicted molar refractivity (Wildman–Crippen MR) is 77.9 cm³/mol. The highest BCUT2D eigenvalue weighted by Crippen LogP contribution is 2.22. The minimum Gasteiger partial charge on any atom is -0.369 e. The molecule has 3 nitrogen and oxygen atoms in total. The second-order valence-electron chi connectivity index (χ2n) is 3.84. The van der Waals surface area contributed by atoms with Crippen LogP contribution in [0.3, 0.4) is 0 Å². The van der Waals surface area contributed by atoms with Gasteiger partial charge >= 0.3 is 0 Å². The number of rotatable bonds is 4. The zero-order chi connectivity index (χ0) is 13.0. The molecule has 0 fully saturated rings. The van der Waals surface area contributed by atoms with E-state index in [2.05, 4.69) is 38.4 Å². The minimum absolute atomic E-state index is 0.591. The number of thiophene rings is 1. The highest BCUT2D eigenvalue weighted by atomic mass is 79.9. The fourth-order valence-electron chi connectivity index (χ4n) is 1.57. The Morgan fingerprint density at radius 2 is 2.22 bits per heavy atom. The van der Waals surface area contributed by atoms with Crippen molar-refractivity contribution >= 4 is 33.1 Å². The van der Waals surface area contributed by atoms with Crippen molar-refractivity contribution in [2.75, 3.05) is 11.9 Å². The Hall–Kier alpha value is -1.38. The lowest BCUT2D eigenvalue weighted by atomic mass is 10.2. The molecule has 92 valence electrons. The van der Waals surface area contributed by atoms with Crippen molar-refractivity contribution in [3.63, 3.8) is 0 Å². The van der Waals surface area contributed by atoms with Crippen LogP contribution in [0.4, 0.5) is 5.82 Å². The van der Waals surface area contributed by atoms with Gasteiger partial charge in [-0.2, -0.15) is 5.26 Å². The molecule has 1 N–H and O–H groups in total. The average molecular weight is 322 g/mol. The monoisotopic (exact) mass is 321 g/mol. The Morgan fingerprint density at radius 3 is 2.89 bits per heavy atom. The number of nitriles is 1. The third-order valence-corrected chi connectivity index (χ3v) is 4.13. The third kappa shape index (κ3) is 3.31. The van der Waals surface area contributed by atoms with E-state index in [1.807, 2.05) is 19.1 Å². The Kier molecular flexibility index (Phi) is 4.34. The largest absolute Gasteiger partial charge is 0.369 e. The van der Waals surface area contributed by atoms with Gasteiger partial charge in [0.1, 0.15) is 11.9 Å². The van der Waals surface area contributed by atoms with Crippen molar-refractivity contribution in [2.24, 2.45) is 0 Å². The van der Waals surface area contributed by atoms with Crippen LogP contribution < -0.4 is 5.32 Å². The molecule has 0 atom stereocenters. The molecule has 0 spiro atoms. The first-order valence-electron chi connectivity index (χ1n) is 5.55. The van der Waals surface area contributed by atoms with E-state index in [0.717, 1.165) is 22.4 Å². The van der Waals surface area contributed by atoms with Gasteiger partial charge in [-0.15, -0.1) is 11.3 Å². The Bertz CT molecular complexity index is 586. The van der Waals surface area contributed by atoms with Crippen LogP contribution >= 0.6 is 27.3 Å². The van der Waals surface area contributed by atoms with Crippen molar-refractivity contribution in [3.05, 3.63) is 44.2 Å². The highest BCUT2D eigenvalue weighted by Gasteiger charge is 2.04. The van der Waals surface area contributed by atoms with Crippen molar-refractivity contribution in [2.45, 2.75) is 13.3 Å². The van der Waals surface area contributed by atoms with E-state index in [9.17, 15) is 0 Å². The van der Waals surface area contributed by atoms with E-state index >= 15 is 0 Å². The number of nitrogens with zero attached hydrogens (tertiary/aromatic N) is 2. The van der Waals surface area contributed by atoms with Gasteiger partial charge in [-0.3, -0.25) is 0 Å². The molecule has 2 aromatic rings. The zero-order valence-electron chi connectivity index (χ0n) is 9.90. The van der Waals surface area contributed by atoms with Crippen LogP contribution in [0.25, 0.3) is 0 Å². The van der Waals surface area contributed by atoms with Crippen molar-refractivity contribution in [1.82, 2.24) is 4.98 Å². The van der Waals surface area contributed by atoms with Crippen LogP contribution in [0.5, 0.6) is 0 Å². The lowest BCUT2D eigenvalue weighted by Gasteiger charge is -2.07. The lowest BCUT2D eigenvalue weighted by molar-refractivity contribution is 1.02. The minimum atomic E-state index is 0.591. The predicted octanol–water partition coefficient (Wildman–Crippen LogP) is 3.74. The van der Waals surface area contributed by atoms with Crippen LogP contribution in [0.15, 0.2) is 28.1 Å². The topological polar surface area (TPSA) is 48.7 Å². The molecule has 0 bridgehead atoms. The zero-order valence-corrected chi connectivity index (χ0v) is 12.3. The summed E-state index contributed by atoms with van der Waals surface area (Å²) in [5.74, 6) is 0.674. The van der Waals surface area contributed by atoms with E-state index in [1.54, 1.807) is 17.4 Å². The van der Waals surface area contributed by atoms with Crippen LogP contribution in [0.2, 0.25) is 0 Å². The maximum Gasteiger partial charge on any atom is 0.144 e. The molecule has 0 unspecified atom stereocenters. The van der Waals surface area contributed by atoms with Crippen LogP contribution in [0.1, 0.15) is 16.1 Å². The number of anilines is 1. The molecule has 5 heteroatoms. The van der Waals surface area contributed by atoms with E-state index < -0.39 is 0 Å². The van der Waals surface area contributed by atoms with E-state index in [0.29, 0.717) is 11.4 Å². The third-order valence-electron chi connectivity index (χ3n) is 2.45. The van der Waals surface area contributed by atoms with Gasteiger partial charge in [-0.05, 0) is 53.5 Å². The van der Waals surface area contributed by atoms with Crippen LogP contribution in [0, 0.1) is 18.3 Å². The SMILES string of the molecule is Cc1ccc(C#N)c(NCCc2ccc(Br)s2)n1. The molecule has 0 aliphatic rings. The Morgan fingerprint density at radius 1 is 1.39 bits per heavy atom. The summed E-state index contributed by atoms with van der Waals surface area (Å²) in [6.07, 6.45) is 0.927. The second kappa shape index (κ2) is 5.98. The van der Waals surface area contributed by atoms with Gasteiger partial charge < -0.3 is 5.32 Å². The first-order valence-corrected chi connectivity index (χ1v) is 7.16. The number of hydrogen-bond donors (Lipinski definition) is 1. The molecule has 18 heavy (non-hydrogen) atoms. The summed E-state index contributed by atoms with van der Waals surface area (Å²) in [6, 6.07) is 9.94. The smallest absolute Gasteiger partial charge is 0.144 e. The molecule has 0 saturated heterocycles. The molecule has 0 aromatic carbocycles. The number of aryl methyl sites for hydroxylation is 1. The molecule has 0 amide bonds. The first kappa shape index (κ1) is 13.1. The number of aromatic nitrogens is 1. The van der Waals surface area contributed by atoms with Gasteiger partial charge in [0.2, 0.25) is 0 Å². The van der Waals surface area contributed by atoms with Crippen molar-refractivity contribution in [3.8, 4) is 6.07 Å². The first-order chi connectivity index (χ1) is 8.69. The van der Waals surface area contributed by atoms with Gasteiger partial charge in [0, 0.05) is 17.1 Å². The van der Waals surface area contributed by atoms with Gasteiger partial charge in [0.25, 0.3) is 0 Å². The number of hydrogen-bond acceptors (Lipinski definition) is 4. The maximum absolute atomic E-state index is 8.99. The standard InChI is InChI=1S/C13H12BrN3S/c1-9-2-3-10(8-15)13(17-9)16-7-6-11-4-5-12(14)18-11/h2-5H,6-7H2,1H3,(H,16,17). The normalized spacial score (nSPS) is 10.1. The molecule has 2 rings (SSSR count). The molecule has 0 saturated carbocycles. The van der Waals surface area contributed by atoms with Crippen LogP contribution in [-0.4, -0.2) is 11.5 Å². The van der Waals surface area contributed by atoms with E-state index in [4.69, 9.17) is 5.26 Å². The fraction of sp³-hybridized carbons (Fsp3) is 0.231. The maximum atomic E-state index is 8.99. The summed E-state index contributed by atoms with van der Waals surface area (Å²) in [6.45, 7) is 2.70. The van der Waals surface area contributed by atoms with Crippen molar-refractivity contribution < 1.29 is 0 Å². The van der Waals surface area contributed by atoms with E-state index in [1.165, 1.54) is 4.88 Å². The summed E-state index contributed by atoms with van der Waals surface area (Å²) >= 11 is 5.17. The van der Waals surface area contributed by atoms with Gasteiger partial charge in [0.15, 0.2) is 0 Å². The lowest BCUT2D eigenvalue weighted by Crippen LogP contribution is -2.07. The molecule has 0 radical (unpaired) electrons. The van der Waals surface area contributed by atoms with E-state index in [-0.39, 0.29) is 0 Å². The average Bonchev–Trinajstić information content (AvgIpc) is 2.75. The Balaban J connectivity index is 1.98. The number of pyridine rings is 1. The summed E-state index contributed by atoms with van der Waals surface area (Å²) in [5, 5.41) is 12.2. The molecule has 2 aromatic heterocycles. The molecular weight excluding hydrogens is 310 g/mol. The quantitative estimate of drug-likeness (QED) is 0.933. The van der Waals surface area contributed by atoms with Gasteiger partial charge in [-0.1, -0.05) is 0 Å². The van der Waals surface area contributed by atoms with Gasteiger partial charge in [0.05, 0.1) is 9.35 Å². The molecule has 2 heterocycles. The van der Waals surface area contributed by atoms with Crippen LogP contribution in [-0.2, 0) is 6.42 Å². The molecule has 0 aliphatic carbocycles. The van der Waals surface area contributed by atoms with Gasteiger partial charge in [-0.25, -0.2) is 4.98 Å². The number of nitrogens with one attached hydrogen (secondary N) is 1. The summed E-state index contributed by atoms with van der Waals surface area (Å²) < 4.78 is 1.14. The summed E-state index contributed by atoms with van der Waals surface area (Å²) in [5.41, 5.74) is 1.50. The summed E-state index contributed by atoms with van der Waals surface area (Å²) in [7, 11) is 0. The fourth-order valence-corrected chi connectivity index (χ4v) is 3.05. The molecule has 0 aliphatic heterocycles. The Labute approximate surface area is 119 Å². The number of halogens is 1. The second-order valence-corrected chi connectivity index (χ2v) is 6.39. The van der Waals surface area contributed by atoms with Crippen molar-refractivity contribution in [1.29, 1.82) is 5.26 Å².